The third kappa shape index (κ3) is 2.17. The summed E-state index contributed by atoms with van der Waals surface area (Å²) >= 11 is 0. The van der Waals surface area contributed by atoms with Crippen molar-refractivity contribution in [3.63, 3.8) is 0 Å². The number of rotatable bonds is 1. The lowest BCUT2D eigenvalue weighted by molar-refractivity contribution is -0.107. The highest BCUT2D eigenvalue weighted by Gasteiger charge is 1.94. The first-order valence-corrected chi connectivity index (χ1v) is 3.36. The molecule has 0 saturated carbocycles. The first-order chi connectivity index (χ1) is 5.84. The first-order valence-electron chi connectivity index (χ1n) is 3.36. The van der Waals surface area contributed by atoms with Gasteiger partial charge >= 0.3 is 0 Å². The lowest BCUT2D eigenvalue weighted by Gasteiger charge is -1.89. The van der Waals surface area contributed by atoms with Gasteiger partial charge in [0.25, 0.3) is 0 Å². The van der Waals surface area contributed by atoms with E-state index in [-0.39, 0.29) is 12.0 Å². The maximum atomic E-state index is 12.8. The Labute approximate surface area is 69.4 Å². The quantitative estimate of drug-likeness (QED) is 0.459. The van der Waals surface area contributed by atoms with Crippen molar-refractivity contribution in [3.8, 4) is 11.8 Å². The molecule has 0 fully saturated rings. The summed E-state index contributed by atoms with van der Waals surface area (Å²) in [6.07, 6.45) is 3.34. The Hall–Kier alpha value is -1.69. The second-order valence-corrected chi connectivity index (χ2v) is 2.03. The predicted molar refractivity (Wildman–Crippen MR) is 41.8 cm³/mol. The Morgan fingerprint density at radius 1 is 1.67 bits per heavy atom. The van der Waals surface area contributed by atoms with E-state index >= 15 is 0 Å². The minimum absolute atomic E-state index is 0.127. The van der Waals surface area contributed by atoms with Crippen LogP contribution in [0.25, 0.3) is 0 Å². The number of aldehydes is 1. The van der Waals surface area contributed by atoms with Crippen LogP contribution in [-0.2, 0) is 4.79 Å². The fourth-order valence-corrected chi connectivity index (χ4v) is 0.664. The first kappa shape index (κ1) is 8.41. The summed E-state index contributed by atoms with van der Waals surface area (Å²) in [6.45, 7) is 0. The maximum absolute atomic E-state index is 12.8. The molecule has 0 aliphatic carbocycles. The molecule has 0 aliphatic heterocycles. The van der Waals surface area contributed by atoms with Gasteiger partial charge in [-0.1, -0.05) is 11.8 Å². The van der Waals surface area contributed by atoms with E-state index in [2.05, 4.69) is 16.8 Å². The van der Waals surface area contributed by atoms with Gasteiger partial charge in [-0.3, -0.25) is 4.98 Å². The molecular weight excluding hydrogens is 157 g/mol. The van der Waals surface area contributed by atoms with Crippen LogP contribution in [0.2, 0.25) is 0 Å². The smallest absolute Gasteiger partial charge is 0.157 e. The Morgan fingerprint density at radius 2 is 2.50 bits per heavy atom. The third-order valence-electron chi connectivity index (χ3n) is 1.18. The molecule has 1 aromatic rings. The van der Waals surface area contributed by atoms with Crippen molar-refractivity contribution in [2.45, 2.75) is 6.42 Å². The minimum Gasteiger partial charge on any atom is -0.302 e. The topological polar surface area (TPSA) is 30.0 Å². The monoisotopic (exact) mass is 163 g/mol. The number of hydrogen-bond acceptors (Lipinski definition) is 2. The highest BCUT2D eigenvalue weighted by molar-refractivity contribution is 5.54. The van der Waals surface area contributed by atoms with E-state index in [0.717, 1.165) is 6.20 Å². The SMILES string of the molecule is O=CCC#Cc1ccncc1F. The van der Waals surface area contributed by atoms with Gasteiger partial charge in [0.1, 0.15) is 6.29 Å². The van der Waals surface area contributed by atoms with Gasteiger partial charge in [-0.2, -0.15) is 0 Å². The summed E-state index contributed by atoms with van der Waals surface area (Å²) in [5.41, 5.74) is 0.270. The summed E-state index contributed by atoms with van der Waals surface area (Å²) in [4.78, 5) is 13.4. The molecule has 1 aromatic heterocycles. The second kappa shape index (κ2) is 4.24. The molecule has 0 unspecified atom stereocenters. The van der Waals surface area contributed by atoms with E-state index in [1.54, 1.807) is 0 Å². The number of pyridine rings is 1. The number of carbonyl (C=O) groups excluding carboxylic acids is 1. The molecule has 0 atom stereocenters. The Bertz CT molecular complexity index is 338. The molecule has 0 amide bonds. The minimum atomic E-state index is -0.462. The lowest BCUT2D eigenvalue weighted by Crippen LogP contribution is -1.83. The van der Waals surface area contributed by atoms with Crippen molar-refractivity contribution < 1.29 is 9.18 Å². The summed E-state index contributed by atoms with van der Waals surface area (Å²) < 4.78 is 12.8. The number of carbonyl (C=O) groups is 1. The van der Waals surface area contributed by atoms with Crippen molar-refractivity contribution in [2.24, 2.45) is 0 Å². The number of nitrogens with zero attached hydrogens (tertiary/aromatic N) is 1. The zero-order chi connectivity index (χ0) is 8.81. The molecule has 60 valence electrons. The summed E-state index contributed by atoms with van der Waals surface area (Å²) in [5, 5.41) is 0. The van der Waals surface area contributed by atoms with E-state index in [0.29, 0.717) is 6.29 Å². The largest absolute Gasteiger partial charge is 0.302 e. The highest BCUT2D eigenvalue weighted by Crippen LogP contribution is 2.01. The van der Waals surface area contributed by atoms with Gasteiger partial charge < -0.3 is 4.79 Å². The van der Waals surface area contributed by atoms with Crippen LogP contribution in [0.15, 0.2) is 18.5 Å². The van der Waals surface area contributed by atoms with Crippen molar-refractivity contribution in [1.29, 1.82) is 0 Å². The molecular formula is C9H6FNO. The van der Waals surface area contributed by atoms with Crippen molar-refractivity contribution in [2.75, 3.05) is 0 Å². The van der Waals surface area contributed by atoms with Crippen molar-refractivity contribution in [3.05, 3.63) is 29.8 Å². The van der Waals surface area contributed by atoms with Crippen LogP contribution in [0.5, 0.6) is 0 Å². The van der Waals surface area contributed by atoms with Crippen LogP contribution < -0.4 is 0 Å². The van der Waals surface area contributed by atoms with E-state index in [4.69, 9.17) is 0 Å². The molecule has 12 heavy (non-hydrogen) atoms. The molecule has 1 heterocycles. The lowest BCUT2D eigenvalue weighted by atomic mass is 10.2. The van der Waals surface area contributed by atoms with E-state index in [1.165, 1.54) is 12.3 Å². The number of hydrogen-bond donors (Lipinski definition) is 0. The van der Waals surface area contributed by atoms with Crippen LogP contribution in [0, 0.1) is 17.7 Å². The maximum Gasteiger partial charge on any atom is 0.157 e. The average Bonchev–Trinajstić information content (AvgIpc) is 2.09. The Morgan fingerprint density at radius 3 is 3.17 bits per heavy atom. The van der Waals surface area contributed by atoms with Gasteiger partial charge in [0.15, 0.2) is 5.82 Å². The zero-order valence-electron chi connectivity index (χ0n) is 6.25. The van der Waals surface area contributed by atoms with Crippen LogP contribution in [0.1, 0.15) is 12.0 Å². The zero-order valence-corrected chi connectivity index (χ0v) is 6.25. The molecule has 0 saturated heterocycles. The third-order valence-corrected chi connectivity index (χ3v) is 1.18. The van der Waals surface area contributed by atoms with E-state index in [1.807, 2.05) is 0 Å². The molecule has 0 aromatic carbocycles. The molecule has 0 spiro atoms. The standard InChI is InChI=1S/C9H6FNO/c10-9-7-11-5-4-8(9)3-1-2-6-12/h4-7H,2H2. The number of aromatic nitrogens is 1. The Kier molecular flexibility index (Phi) is 2.97. The summed E-state index contributed by atoms with van der Waals surface area (Å²) in [7, 11) is 0. The predicted octanol–water partition coefficient (Wildman–Crippen LogP) is 1.16. The Balaban J connectivity index is 2.84. The van der Waals surface area contributed by atoms with Crippen molar-refractivity contribution >= 4 is 6.29 Å². The van der Waals surface area contributed by atoms with Gasteiger partial charge in [-0.25, -0.2) is 4.39 Å². The molecule has 0 radical (unpaired) electrons. The summed E-state index contributed by atoms with van der Waals surface area (Å²) in [6, 6.07) is 1.47. The average molecular weight is 163 g/mol. The van der Waals surface area contributed by atoms with Gasteiger partial charge in [-0.05, 0) is 6.07 Å². The summed E-state index contributed by atoms with van der Waals surface area (Å²) in [5.74, 6) is 4.56. The molecule has 0 N–H and O–H groups in total. The van der Waals surface area contributed by atoms with E-state index in [9.17, 15) is 9.18 Å². The highest BCUT2D eigenvalue weighted by atomic mass is 19.1. The molecule has 1 rings (SSSR count). The van der Waals surface area contributed by atoms with Gasteiger partial charge in [0, 0.05) is 6.20 Å². The molecule has 0 aliphatic rings. The van der Waals surface area contributed by atoms with E-state index < -0.39 is 5.82 Å². The fourth-order valence-electron chi connectivity index (χ4n) is 0.664. The van der Waals surface area contributed by atoms with Crippen LogP contribution in [-0.4, -0.2) is 11.3 Å². The molecule has 3 heteroatoms. The number of halogens is 1. The van der Waals surface area contributed by atoms with Crippen LogP contribution in [0.4, 0.5) is 4.39 Å². The molecule has 0 bridgehead atoms. The van der Waals surface area contributed by atoms with Crippen LogP contribution >= 0.6 is 0 Å². The molecule has 2 nitrogen and oxygen atoms in total. The van der Waals surface area contributed by atoms with Gasteiger partial charge in [0.2, 0.25) is 0 Å². The van der Waals surface area contributed by atoms with Gasteiger partial charge in [0.05, 0.1) is 18.2 Å². The fraction of sp³-hybridized carbons (Fsp3) is 0.111. The van der Waals surface area contributed by atoms with Crippen molar-refractivity contribution in [1.82, 2.24) is 4.98 Å². The second-order valence-electron chi connectivity index (χ2n) is 2.03. The normalized spacial score (nSPS) is 8.42. The van der Waals surface area contributed by atoms with Crippen LogP contribution in [0.3, 0.4) is 0 Å². The van der Waals surface area contributed by atoms with Gasteiger partial charge in [-0.15, -0.1) is 0 Å².